The topological polar surface area (TPSA) is 136 Å². The number of halogens is 1. The van der Waals surface area contributed by atoms with Gasteiger partial charge in [-0.25, -0.2) is 9.37 Å². The lowest BCUT2D eigenvalue weighted by Gasteiger charge is -2.29. The minimum absolute atomic E-state index is 0.0462. The first-order chi connectivity index (χ1) is 18.4. The van der Waals surface area contributed by atoms with E-state index in [2.05, 4.69) is 15.6 Å². The third kappa shape index (κ3) is 7.34. The molecule has 2 aromatic carbocycles. The normalized spacial score (nSPS) is 16.7. The largest absolute Gasteiger partial charge is 0.459 e. The summed E-state index contributed by atoms with van der Waals surface area (Å²) in [6, 6.07) is 16.2. The minimum atomic E-state index is -0.712. The number of amides is 1. The average molecular weight is 523 g/mol. The lowest BCUT2D eigenvalue weighted by Crippen LogP contribution is -2.35. The summed E-state index contributed by atoms with van der Waals surface area (Å²) < 4.78 is 25.3. The van der Waals surface area contributed by atoms with Gasteiger partial charge in [0.1, 0.15) is 17.8 Å². The summed E-state index contributed by atoms with van der Waals surface area (Å²) in [7, 11) is 0. The van der Waals surface area contributed by atoms with Gasteiger partial charge in [-0.1, -0.05) is 36.4 Å². The summed E-state index contributed by atoms with van der Waals surface area (Å²) in [5.41, 5.74) is 2.39. The van der Waals surface area contributed by atoms with E-state index in [0.29, 0.717) is 18.8 Å². The Kier molecular flexibility index (Phi) is 8.96. The number of nitro groups is 1. The second kappa shape index (κ2) is 12.7. The van der Waals surface area contributed by atoms with Gasteiger partial charge in [0.05, 0.1) is 18.1 Å². The maximum absolute atomic E-state index is 13.5. The van der Waals surface area contributed by atoms with E-state index in [0.717, 1.165) is 22.9 Å². The van der Waals surface area contributed by atoms with Crippen LogP contribution < -0.4 is 10.6 Å². The van der Waals surface area contributed by atoms with Gasteiger partial charge in [0.2, 0.25) is 6.29 Å². The molecule has 0 fully saturated rings. The minimum Gasteiger partial charge on any atom is -0.459 e. The molecule has 0 saturated heterocycles. The molecular weight excluding hydrogens is 495 g/mol. The Labute approximate surface area is 218 Å². The van der Waals surface area contributed by atoms with E-state index < -0.39 is 17.1 Å². The molecule has 4 rings (SSSR count). The highest BCUT2D eigenvalue weighted by atomic mass is 19.1. The number of benzene rings is 2. The van der Waals surface area contributed by atoms with Crippen LogP contribution in [0.15, 0.2) is 78.7 Å². The number of anilines is 1. The number of hydrogen-bond donors (Lipinski definition) is 3. The molecule has 1 aromatic heterocycles. The average Bonchev–Trinajstić information content (AvgIpc) is 2.95. The Bertz CT molecular complexity index is 1270. The molecule has 10 nitrogen and oxygen atoms in total. The number of carbonyl (C=O) groups excluding carboxylic acids is 1. The second-order valence-corrected chi connectivity index (χ2v) is 8.60. The summed E-state index contributed by atoms with van der Waals surface area (Å²) in [6.45, 7) is 0.764. The molecule has 0 aliphatic carbocycles. The first-order valence-electron chi connectivity index (χ1n) is 12.0. The summed E-state index contributed by atoms with van der Waals surface area (Å²) in [5.74, 6) is -0.475. The Hall–Kier alpha value is -4.35. The van der Waals surface area contributed by atoms with Crippen LogP contribution in [0.25, 0.3) is 0 Å². The van der Waals surface area contributed by atoms with E-state index in [1.807, 2.05) is 12.1 Å². The van der Waals surface area contributed by atoms with E-state index >= 15 is 0 Å². The predicted molar refractivity (Wildman–Crippen MR) is 136 cm³/mol. The number of nitrogens with one attached hydrogen (secondary N) is 2. The Morgan fingerprint density at radius 1 is 1.11 bits per heavy atom. The van der Waals surface area contributed by atoms with Crippen LogP contribution in [0.1, 0.15) is 29.0 Å². The van der Waals surface area contributed by atoms with Crippen LogP contribution in [-0.4, -0.2) is 40.3 Å². The lowest BCUT2D eigenvalue weighted by atomic mass is 9.93. The fraction of sp³-hybridized carbons (Fsp3) is 0.259. The first-order valence-corrected chi connectivity index (χ1v) is 12.0. The van der Waals surface area contributed by atoms with Gasteiger partial charge >= 0.3 is 0 Å². The molecule has 38 heavy (non-hydrogen) atoms. The SMILES string of the molecule is O=C(NCCNc1ccc([N+](=O)[O-])cn1)C1=C[C@@H](c2ccc(F)cc2)C[C@@H](OCc2ccc(CO)cc2)O1. The van der Waals surface area contributed by atoms with E-state index in [4.69, 9.17) is 9.47 Å². The highest BCUT2D eigenvalue weighted by molar-refractivity contribution is 5.91. The summed E-state index contributed by atoms with van der Waals surface area (Å²) in [5, 5.41) is 25.7. The van der Waals surface area contributed by atoms with Gasteiger partial charge in [-0.15, -0.1) is 0 Å². The van der Waals surface area contributed by atoms with E-state index in [9.17, 15) is 24.4 Å². The molecule has 0 unspecified atom stereocenters. The fourth-order valence-corrected chi connectivity index (χ4v) is 3.84. The number of aliphatic hydroxyl groups excluding tert-OH is 1. The number of aliphatic hydroxyl groups is 1. The molecule has 1 aliphatic rings. The molecule has 2 heterocycles. The molecule has 0 radical (unpaired) electrons. The zero-order valence-corrected chi connectivity index (χ0v) is 20.4. The van der Waals surface area contributed by atoms with Gasteiger partial charge < -0.3 is 25.2 Å². The number of allylic oxidation sites excluding steroid dienone is 1. The summed E-state index contributed by atoms with van der Waals surface area (Å²) in [6.07, 6.45) is 2.57. The van der Waals surface area contributed by atoms with Crippen LogP contribution in [0, 0.1) is 15.9 Å². The number of hydrogen-bond acceptors (Lipinski definition) is 8. The van der Waals surface area contributed by atoms with Crippen molar-refractivity contribution >= 4 is 17.4 Å². The van der Waals surface area contributed by atoms with E-state index in [-0.39, 0.29) is 42.9 Å². The van der Waals surface area contributed by atoms with Gasteiger partial charge in [0, 0.05) is 31.5 Å². The van der Waals surface area contributed by atoms with E-state index in [1.54, 1.807) is 30.3 Å². The smallest absolute Gasteiger partial charge is 0.287 e. The summed E-state index contributed by atoms with van der Waals surface area (Å²) >= 11 is 0. The van der Waals surface area contributed by atoms with Crippen LogP contribution in [0.5, 0.6) is 0 Å². The Balaban J connectivity index is 1.36. The molecule has 198 valence electrons. The van der Waals surface area contributed by atoms with Crippen LogP contribution in [0.4, 0.5) is 15.9 Å². The number of rotatable bonds is 11. The molecular formula is C27H27FN4O6. The van der Waals surface area contributed by atoms with Gasteiger partial charge in [-0.2, -0.15) is 0 Å². The molecule has 1 amide bonds. The number of carbonyl (C=O) groups is 1. The van der Waals surface area contributed by atoms with Crippen molar-refractivity contribution in [3.63, 3.8) is 0 Å². The van der Waals surface area contributed by atoms with Crippen molar-refractivity contribution < 1.29 is 28.7 Å². The van der Waals surface area contributed by atoms with Crippen LogP contribution in [0.3, 0.4) is 0 Å². The second-order valence-electron chi connectivity index (χ2n) is 8.60. The number of ether oxygens (including phenoxy) is 2. The van der Waals surface area contributed by atoms with Crippen molar-refractivity contribution in [1.29, 1.82) is 0 Å². The summed E-state index contributed by atoms with van der Waals surface area (Å²) in [4.78, 5) is 27.1. The quantitative estimate of drug-likeness (QED) is 0.197. The van der Waals surface area contributed by atoms with Crippen LogP contribution in [0.2, 0.25) is 0 Å². The monoisotopic (exact) mass is 522 g/mol. The number of pyridine rings is 1. The van der Waals surface area contributed by atoms with Gasteiger partial charge in [-0.3, -0.25) is 14.9 Å². The van der Waals surface area contributed by atoms with Crippen molar-refractivity contribution in [2.75, 3.05) is 18.4 Å². The molecule has 3 N–H and O–H groups in total. The van der Waals surface area contributed by atoms with Crippen LogP contribution >= 0.6 is 0 Å². The predicted octanol–water partition coefficient (Wildman–Crippen LogP) is 3.78. The molecule has 1 aliphatic heterocycles. The van der Waals surface area contributed by atoms with Crippen molar-refractivity contribution in [1.82, 2.24) is 10.3 Å². The maximum Gasteiger partial charge on any atom is 0.287 e. The first kappa shape index (κ1) is 26.7. The lowest BCUT2D eigenvalue weighted by molar-refractivity contribution is -0.385. The van der Waals surface area contributed by atoms with E-state index in [1.165, 1.54) is 24.3 Å². The molecule has 11 heteroatoms. The van der Waals surface area contributed by atoms with Crippen molar-refractivity contribution in [2.24, 2.45) is 0 Å². The molecule has 0 bridgehead atoms. The van der Waals surface area contributed by atoms with Crippen molar-refractivity contribution in [3.05, 3.63) is 111 Å². The third-order valence-corrected chi connectivity index (χ3v) is 5.90. The standard InChI is InChI=1S/C27H27FN4O6/c28-22-7-5-20(6-8-22)21-13-24(38-26(14-21)37-17-19-3-1-18(16-33)2-4-19)27(34)30-12-11-29-25-10-9-23(15-31-25)32(35)36/h1-10,13,15,21,26,33H,11-12,14,16-17H2,(H,29,31)(H,30,34)/t21-,26+/m1/s1. The Morgan fingerprint density at radius 2 is 1.84 bits per heavy atom. The highest BCUT2D eigenvalue weighted by Gasteiger charge is 2.28. The van der Waals surface area contributed by atoms with Crippen molar-refractivity contribution in [3.8, 4) is 0 Å². The fourth-order valence-electron chi connectivity index (χ4n) is 3.84. The molecule has 0 saturated carbocycles. The molecule has 2 atom stereocenters. The highest BCUT2D eigenvalue weighted by Crippen LogP contribution is 2.32. The zero-order valence-electron chi connectivity index (χ0n) is 20.4. The van der Waals surface area contributed by atoms with Gasteiger partial charge in [0.25, 0.3) is 11.6 Å². The number of nitrogens with zero attached hydrogens (tertiary/aromatic N) is 2. The zero-order chi connectivity index (χ0) is 26.9. The van der Waals surface area contributed by atoms with Crippen LogP contribution in [-0.2, 0) is 27.5 Å². The molecule has 3 aromatic rings. The van der Waals surface area contributed by atoms with Gasteiger partial charge in [0.15, 0.2) is 5.76 Å². The number of aromatic nitrogens is 1. The third-order valence-electron chi connectivity index (χ3n) is 5.90. The van der Waals surface area contributed by atoms with Crippen molar-refractivity contribution in [2.45, 2.75) is 31.8 Å². The van der Waals surface area contributed by atoms with Gasteiger partial charge in [-0.05, 0) is 41.0 Å². The maximum atomic E-state index is 13.5. The Morgan fingerprint density at radius 3 is 2.50 bits per heavy atom. The molecule has 0 spiro atoms.